The second kappa shape index (κ2) is 11.1. The highest BCUT2D eigenvalue weighted by molar-refractivity contribution is 7.99. The molecule has 0 aliphatic rings. The van der Waals surface area contributed by atoms with Gasteiger partial charge < -0.3 is 4.90 Å². The van der Waals surface area contributed by atoms with Crippen LogP contribution in [-0.2, 0) is 9.59 Å². The summed E-state index contributed by atoms with van der Waals surface area (Å²) in [5.74, 6) is 6.66. The van der Waals surface area contributed by atoms with Gasteiger partial charge in [-0.25, -0.2) is 5.84 Å². The summed E-state index contributed by atoms with van der Waals surface area (Å²) in [7, 11) is 0. The number of nitrogens with two attached hydrogens (primary N) is 1. The normalized spacial score (nSPS) is 12.0. The Morgan fingerprint density at radius 3 is 2.53 bits per heavy atom. The average Bonchev–Trinajstić information content (AvgIpc) is 2.41. The molecule has 0 spiro atoms. The largest absolute Gasteiger partial charge is 0.339 e. The van der Waals surface area contributed by atoms with Crippen molar-refractivity contribution < 1.29 is 9.59 Å². The van der Waals surface area contributed by atoms with Crippen molar-refractivity contribution in [2.75, 3.05) is 18.1 Å². The summed E-state index contributed by atoms with van der Waals surface area (Å²) in [5.41, 5.74) is 2.11. The Morgan fingerprint density at radius 1 is 1.32 bits per heavy atom. The minimum Gasteiger partial charge on any atom is -0.339 e. The fraction of sp³-hybridized carbons (Fsp3) is 0.846. The van der Waals surface area contributed by atoms with Crippen LogP contribution >= 0.6 is 11.8 Å². The van der Waals surface area contributed by atoms with E-state index in [0.717, 1.165) is 30.9 Å². The summed E-state index contributed by atoms with van der Waals surface area (Å²) in [6, 6.07) is 0.297. The lowest BCUT2D eigenvalue weighted by molar-refractivity contribution is -0.132. The van der Waals surface area contributed by atoms with Gasteiger partial charge in [-0.15, -0.1) is 0 Å². The molecule has 2 amide bonds. The average molecular weight is 289 g/mol. The molecule has 0 aromatic rings. The van der Waals surface area contributed by atoms with Crippen LogP contribution in [0.15, 0.2) is 0 Å². The van der Waals surface area contributed by atoms with Gasteiger partial charge in [0.25, 0.3) is 0 Å². The first-order valence-electron chi connectivity index (χ1n) is 6.93. The molecule has 112 valence electrons. The van der Waals surface area contributed by atoms with E-state index in [1.807, 2.05) is 11.8 Å². The molecule has 0 unspecified atom stereocenters. The van der Waals surface area contributed by atoms with E-state index in [1.54, 1.807) is 11.8 Å². The van der Waals surface area contributed by atoms with E-state index < -0.39 is 0 Å². The summed E-state index contributed by atoms with van der Waals surface area (Å²) in [5, 5.41) is 0. The maximum Gasteiger partial charge on any atom is 0.234 e. The predicted molar refractivity (Wildman–Crippen MR) is 80.6 cm³/mol. The Bertz CT molecular complexity index is 275. The molecule has 0 rings (SSSR count). The smallest absolute Gasteiger partial charge is 0.234 e. The number of hydrazine groups is 1. The molecule has 5 nitrogen and oxygen atoms in total. The van der Waals surface area contributed by atoms with Gasteiger partial charge in [-0.2, -0.15) is 11.8 Å². The van der Waals surface area contributed by atoms with E-state index in [-0.39, 0.29) is 11.8 Å². The standard InChI is InChI=1S/C13H27N3O2S/c1-4-6-11(3)16(13(18)5-2)8-10-19-9-7-12(17)15-14/h11H,4-10,14H2,1-3H3,(H,15,17)/t11-/m1/s1. The maximum absolute atomic E-state index is 11.9. The third-order valence-corrected chi connectivity index (χ3v) is 3.94. The first kappa shape index (κ1) is 18.2. The van der Waals surface area contributed by atoms with Gasteiger partial charge in [0.1, 0.15) is 0 Å². The predicted octanol–water partition coefficient (Wildman–Crippen LogP) is 1.53. The molecule has 3 N–H and O–H groups in total. The number of thioether (sulfide) groups is 1. The first-order chi connectivity index (χ1) is 9.06. The van der Waals surface area contributed by atoms with Crippen molar-refractivity contribution in [2.24, 2.45) is 5.84 Å². The summed E-state index contributed by atoms with van der Waals surface area (Å²) in [4.78, 5) is 24.8. The van der Waals surface area contributed by atoms with Gasteiger partial charge in [-0.3, -0.25) is 15.0 Å². The van der Waals surface area contributed by atoms with Crippen molar-refractivity contribution in [1.29, 1.82) is 0 Å². The van der Waals surface area contributed by atoms with Gasteiger partial charge in [0.15, 0.2) is 0 Å². The number of rotatable bonds is 10. The first-order valence-corrected chi connectivity index (χ1v) is 8.08. The zero-order chi connectivity index (χ0) is 14.7. The minimum atomic E-state index is -0.145. The second-order valence-corrected chi connectivity index (χ2v) is 5.73. The lowest BCUT2D eigenvalue weighted by Gasteiger charge is -2.29. The van der Waals surface area contributed by atoms with Crippen molar-refractivity contribution in [3.8, 4) is 0 Å². The van der Waals surface area contributed by atoms with Crippen LogP contribution in [0.4, 0.5) is 0 Å². The molecule has 0 saturated carbocycles. The van der Waals surface area contributed by atoms with Crippen LogP contribution in [0.2, 0.25) is 0 Å². The fourth-order valence-corrected chi connectivity index (χ4v) is 2.73. The van der Waals surface area contributed by atoms with Crippen molar-refractivity contribution >= 4 is 23.6 Å². The number of nitrogens with zero attached hydrogens (tertiary/aromatic N) is 1. The summed E-state index contributed by atoms with van der Waals surface area (Å²) < 4.78 is 0. The zero-order valence-electron chi connectivity index (χ0n) is 12.3. The number of hydrogen-bond donors (Lipinski definition) is 2. The van der Waals surface area contributed by atoms with E-state index in [1.165, 1.54) is 0 Å². The fourth-order valence-electron chi connectivity index (χ4n) is 1.87. The summed E-state index contributed by atoms with van der Waals surface area (Å²) >= 11 is 1.68. The molecule has 0 heterocycles. The molecule has 0 fully saturated rings. The molecule has 0 radical (unpaired) electrons. The molecule has 6 heteroatoms. The zero-order valence-corrected chi connectivity index (χ0v) is 13.1. The van der Waals surface area contributed by atoms with Crippen LogP contribution in [0.3, 0.4) is 0 Å². The molecular formula is C13H27N3O2S. The highest BCUT2D eigenvalue weighted by Gasteiger charge is 2.17. The van der Waals surface area contributed by atoms with Crippen molar-refractivity contribution in [3.05, 3.63) is 0 Å². The van der Waals surface area contributed by atoms with Gasteiger partial charge >= 0.3 is 0 Å². The van der Waals surface area contributed by atoms with Crippen LogP contribution in [0, 0.1) is 0 Å². The van der Waals surface area contributed by atoms with Crippen LogP contribution in [0.25, 0.3) is 0 Å². The van der Waals surface area contributed by atoms with E-state index in [2.05, 4.69) is 19.3 Å². The van der Waals surface area contributed by atoms with E-state index in [0.29, 0.717) is 18.9 Å². The summed E-state index contributed by atoms with van der Waals surface area (Å²) in [6.45, 7) is 6.88. The number of nitrogens with one attached hydrogen (secondary N) is 1. The molecule has 0 aliphatic heterocycles. The molecule has 19 heavy (non-hydrogen) atoms. The minimum absolute atomic E-state index is 0.145. The Labute approximate surface area is 120 Å². The number of amides is 2. The lowest BCUT2D eigenvalue weighted by Crippen LogP contribution is -2.39. The van der Waals surface area contributed by atoms with Gasteiger partial charge in [0, 0.05) is 36.9 Å². The number of carbonyl (C=O) groups is 2. The maximum atomic E-state index is 11.9. The molecule has 0 bridgehead atoms. The Morgan fingerprint density at radius 2 is 2.00 bits per heavy atom. The van der Waals surface area contributed by atoms with E-state index >= 15 is 0 Å². The van der Waals surface area contributed by atoms with E-state index in [4.69, 9.17) is 5.84 Å². The lowest BCUT2D eigenvalue weighted by atomic mass is 10.1. The molecular weight excluding hydrogens is 262 g/mol. The SMILES string of the molecule is CCC[C@@H](C)N(CCSCCC(=O)NN)C(=O)CC. The van der Waals surface area contributed by atoms with Gasteiger partial charge in [0.05, 0.1) is 0 Å². The third-order valence-electron chi connectivity index (χ3n) is 2.97. The van der Waals surface area contributed by atoms with Crippen LogP contribution in [0.5, 0.6) is 0 Å². The monoisotopic (exact) mass is 289 g/mol. The van der Waals surface area contributed by atoms with Gasteiger partial charge in [-0.1, -0.05) is 20.3 Å². The van der Waals surface area contributed by atoms with Gasteiger partial charge in [0.2, 0.25) is 11.8 Å². The molecule has 0 aromatic heterocycles. The van der Waals surface area contributed by atoms with Crippen LogP contribution in [0.1, 0.15) is 46.5 Å². The van der Waals surface area contributed by atoms with E-state index in [9.17, 15) is 9.59 Å². The summed E-state index contributed by atoms with van der Waals surface area (Å²) in [6.07, 6.45) is 3.09. The Kier molecular flexibility index (Phi) is 10.7. The van der Waals surface area contributed by atoms with Crippen molar-refractivity contribution in [2.45, 2.75) is 52.5 Å². The van der Waals surface area contributed by atoms with Crippen molar-refractivity contribution in [3.63, 3.8) is 0 Å². The second-order valence-electron chi connectivity index (χ2n) is 4.51. The molecule has 1 atom stereocenters. The quantitative estimate of drug-likeness (QED) is 0.277. The topological polar surface area (TPSA) is 75.4 Å². The van der Waals surface area contributed by atoms with Crippen LogP contribution in [-0.4, -0.2) is 40.8 Å². The number of carbonyl (C=O) groups excluding carboxylic acids is 2. The van der Waals surface area contributed by atoms with Crippen LogP contribution < -0.4 is 11.3 Å². The highest BCUT2D eigenvalue weighted by atomic mass is 32.2. The third kappa shape index (κ3) is 8.10. The molecule has 0 aliphatic carbocycles. The van der Waals surface area contributed by atoms with Crippen molar-refractivity contribution in [1.82, 2.24) is 10.3 Å². The Balaban J connectivity index is 3.99. The highest BCUT2D eigenvalue weighted by Crippen LogP contribution is 2.11. The number of hydrogen-bond acceptors (Lipinski definition) is 4. The molecule has 0 aromatic carbocycles. The van der Waals surface area contributed by atoms with Gasteiger partial charge in [-0.05, 0) is 13.3 Å². The molecule has 0 saturated heterocycles. The Hall–Kier alpha value is -0.750.